The molecule has 1 aromatic heterocycles. The quantitative estimate of drug-likeness (QED) is 0.869. The van der Waals surface area contributed by atoms with Gasteiger partial charge in [-0.25, -0.2) is 4.79 Å². The zero-order valence-corrected chi connectivity index (χ0v) is 12.0. The number of rotatable bonds is 5. The fourth-order valence-corrected chi connectivity index (χ4v) is 1.62. The van der Waals surface area contributed by atoms with Crippen LogP contribution >= 0.6 is 0 Å². The van der Waals surface area contributed by atoms with Gasteiger partial charge in [-0.3, -0.25) is 9.78 Å². The highest BCUT2D eigenvalue weighted by Crippen LogP contribution is 2.27. The number of hydrogen-bond acceptors (Lipinski definition) is 3. The van der Waals surface area contributed by atoms with Crippen molar-refractivity contribution >= 4 is 12.0 Å². The lowest BCUT2D eigenvalue weighted by Crippen LogP contribution is -2.40. The molecule has 1 rings (SSSR count). The maximum atomic E-state index is 12.5. The summed E-state index contributed by atoms with van der Waals surface area (Å²) in [4.78, 5) is 26.8. The zero-order chi connectivity index (χ0) is 16.9. The molecule has 0 aliphatic heterocycles. The van der Waals surface area contributed by atoms with Gasteiger partial charge in [-0.1, -0.05) is 6.92 Å². The van der Waals surface area contributed by atoms with Crippen LogP contribution in [0.4, 0.5) is 18.0 Å². The van der Waals surface area contributed by atoms with Gasteiger partial charge in [0.15, 0.2) is 0 Å². The second kappa shape index (κ2) is 7.10. The fourth-order valence-electron chi connectivity index (χ4n) is 1.62. The number of alkyl halides is 3. The topological polar surface area (TPSA) is 82.5 Å². The van der Waals surface area contributed by atoms with Gasteiger partial charge in [-0.05, 0) is 17.7 Å². The molecule has 9 heteroatoms. The highest BCUT2D eigenvalue weighted by Gasteiger charge is 2.32. The minimum absolute atomic E-state index is 0.00862. The maximum absolute atomic E-state index is 12.5. The van der Waals surface area contributed by atoms with Crippen LogP contribution in [-0.4, -0.2) is 40.6 Å². The minimum atomic E-state index is -4.55. The van der Waals surface area contributed by atoms with Crippen LogP contribution < -0.4 is 5.32 Å². The summed E-state index contributed by atoms with van der Waals surface area (Å²) in [5, 5.41) is 11.2. The number of urea groups is 1. The van der Waals surface area contributed by atoms with Gasteiger partial charge in [0.2, 0.25) is 0 Å². The Morgan fingerprint density at radius 2 is 2.09 bits per heavy atom. The van der Waals surface area contributed by atoms with E-state index in [0.29, 0.717) is 0 Å². The van der Waals surface area contributed by atoms with Crippen molar-refractivity contribution in [1.29, 1.82) is 0 Å². The van der Waals surface area contributed by atoms with Gasteiger partial charge < -0.3 is 15.3 Å². The standard InChI is InChI=1S/C13H16F3N3O3/c1-8(11(20)21)7-19(2)12(22)18-6-9-3-4-17-10(5-9)13(14,15)16/h3-5,8H,6-7H2,1-2H3,(H,18,22)(H,20,21). The lowest BCUT2D eigenvalue weighted by Gasteiger charge is -2.20. The molecular weight excluding hydrogens is 303 g/mol. The average Bonchev–Trinajstić information content (AvgIpc) is 2.43. The van der Waals surface area contributed by atoms with Crippen LogP contribution in [0, 0.1) is 5.92 Å². The van der Waals surface area contributed by atoms with Gasteiger partial charge in [-0.15, -0.1) is 0 Å². The molecule has 1 heterocycles. The van der Waals surface area contributed by atoms with E-state index in [9.17, 15) is 22.8 Å². The van der Waals surface area contributed by atoms with E-state index in [1.807, 2.05) is 0 Å². The summed E-state index contributed by atoms with van der Waals surface area (Å²) in [6, 6.07) is 1.63. The molecule has 0 aliphatic carbocycles. The molecule has 0 saturated carbocycles. The molecule has 6 nitrogen and oxygen atoms in total. The number of aromatic nitrogens is 1. The molecule has 0 aromatic carbocycles. The number of carboxylic acids is 1. The Bertz CT molecular complexity index is 549. The van der Waals surface area contributed by atoms with Gasteiger partial charge in [0.05, 0.1) is 5.92 Å². The molecule has 1 unspecified atom stereocenters. The van der Waals surface area contributed by atoms with Gasteiger partial charge >= 0.3 is 18.2 Å². The van der Waals surface area contributed by atoms with Crippen molar-refractivity contribution in [2.45, 2.75) is 19.6 Å². The Hall–Kier alpha value is -2.32. The largest absolute Gasteiger partial charge is 0.481 e. The van der Waals surface area contributed by atoms with Crippen molar-refractivity contribution in [3.63, 3.8) is 0 Å². The Kier molecular flexibility index (Phi) is 5.72. The average molecular weight is 319 g/mol. The number of carbonyl (C=O) groups excluding carboxylic acids is 1. The maximum Gasteiger partial charge on any atom is 0.433 e. The van der Waals surface area contributed by atoms with Crippen molar-refractivity contribution in [2.75, 3.05) is 13.6 Å². The third kappa shape index (κ3) is 5.23. The fraction of sp³-hybridized carbons (Fsp3) is 0.462. The van der Waals surface area contributed by atoms with Crippen molar-refractivity contribution in [3.8, 4) is 0 Å². The minimum Gasteiger partial charge on any atom is -0.481 e. The number of halogens is 3. The van der Waals surface area contributed by atoms with E-state index in [1.54, 1.807) is 0 Å². The van der Waals surface area contributed by atoms with Crippen LogP contribution in [0.2, 0.25) is 0 Å². The number of aliphatic carboxylic acids is 1. The number of carbonyl (C=O) groups is 2. The first kappa shape index (κ1) is 17.7. The molecular formula is C13H16F3N3O3. The van der Waals surface area contributed by atoms with Gasteiger partial charge in [0.1, 0.15) is 5.69 Å². The molecule has 0 spiro atoms. The highest BCUT2D eigenvalue weighted by atomic mass is 19.4. The van der Waals surface area contributed by atoms with Gasteiger partial charge in [-0.2, -0.15) is 13.2 Å². The first-order valence-corrected chi connectivity index (χ1v) is 6.35. The molecule has 1 aromatic rings. The van der Waals surface area contributed by atoms with E-state index in [1.165, 1.54) is 20.0 Å². The SMILES string of the molecule is CC(CN(C)C(=O)NCc1ccnc(C(F)(F)F)c1)C(=O)O. The van der Waals surface area contributed by atoms with Crippen molar-refractivity contribution < 1.29 is 27.9 Å². The van der Waals surface area contributed by atoms with Crippen molar-refractivity contribution in [3.05, 3.63) is 29.6 Å². The molecule has 2 N–H and O–H groups in total. The molecule has 0 bridgehead atoms. The molecule has 22 heavy (non-hydrogen) atoms. The molecule has 0 fully saturated rings. The molecule has 2 amide bonds. The number of hydrogen-bond donors (Lipinski definition) is 2. The van der Waals surface area contributed by atoms with E-state index in [4.69, 9.17) is 5.11 Å². The van der Waals surface area contributed by atoms with Crippen LogP contribution in [0.1, 0.15) is 18.2 Å². The van der Waals surface area contributed by atoms with E-state index in [0.717, 1.165) is 17.2 Å². The predicted octanol–water partition coefficient (Wildman–Crippen LogP) is 1.96. The number of pyridine rings is 1. The van der Waals surface area contributed by atoms with Crippen LogP contribution in [0.25, 0.3) is 0 Å². The summed E-state index contributed by atoms with van der Waals surface area (Å²) in [6.45, 7) is 1.33. The Morgan fingerprint density at radius 1 is 1.45 bits per heavy atom. The Balaban J connectivity index is 2.59. The van der Waals surface area contributed by atoms with E-state index < -0.39 is 29.8 Å². The lowest BCUT2D eigenvalue weighted by molar-refractivity contribution is -0.142. The number of amides is 2. The van der Waals surface area contributed by atoms with Gasteiger partial charge in [0, 0.05) is 26.3 Å². The number of carboxylic acid groups (broad SMARTS) is 1. The molecule has 1 atom stereocenters. The first-order chi connectivity index (χ1) is 10.1. The number of nitrogens with zero attached hydrogens (tertiary/aromatic N) is 2. The summed E-state index contributed by atoms with van der Waals surface area (Å²) in [7, 11) is 1.41. The molecule has 0 radical (unpaired) electrons. The molecule has 122 valence electrons. The summed E-state index contributed by atoms with van der Waals surface area (Å²) >= 11 is 0. The van der Waals surface area contributed by atoms with E-state index in [-0.39, 0.29) is 18.7 Å². The van der Waals surface area contributed by atoms with Crippen molar-refractivity contribution in [2.24, 2.45) is 5.92 Å². The normalized spacial score (nSPS) is 12.6. The lowest BCUT2D eigenvalue weighted by atomic mass is 10.2. The molecule has 0 saturated heterocycles. The van der Waals surface area contributed by atoms with E-state index in [2.05, 4.69) is 10.3 Å². The van der Waals surface area contributed by atoms with Crippen molar-refractivity contribution in [1.82, 2.24) is 15.2 Å². The second-order valence-electron chi connectivity index (χ2n) is 4.83. The van der Waals surface area contributed by atoms with Crippen LogP contribution in [0.5, 0.6) is 0 Å². The van der Waals surface area contributed by atoms with Crippen LogP contribution in [0.3, 0.4) is 0 Å². The first-order valence-electron chi connectivity index (χ1n) is 6.35. The van der Waals surface area contributed by atoms with Gasteiger partial charge in [0.25, 0.3) is 0 Å². The van der Waals surface area contributed by atoms with Crippen LogP contribution in [0.15, 0.2) is 18.3 Å². The zero-order valence-electron chi connectivity index (χ0n) is 12.0. The van der Waals surface area contributed by atoms with Crippen LogP contribution in [-0.2, 0) is 17.5 Å². The second-order valence-corrected chi connectivity index (χ2v) is 4.83. The Labute approximate surface area is 124 Å². The van der Waals surface area contributed by atoms with E-state index >= 15 is 0 Å². The Morgan fingerprint density at radius 3 is 2.64 bits per heavy atom. The summed E-state index contributed by atoms with van der Waals surface area (Å²) < 4.78 is 37.5. The molecule has 0 aliphatic rings. The predicted molar refractivity (Wildman–Crippen MR) is 70.9 cm³/mol. The highest BCUT2D eigenvalue weighted by molar-refractivity contribution is 5.75. The summed E-state index contributed by atoms with van der Waals surface area (Å²) in [6.07, 6.45) is -3.53. The smallest absolute Gasteiger partial charge is 0.433 e. The third-order valence-corrected chi connectivity index (χ3v) is 2.87. The number of nitrogens with one attached hydrogen (secondary N) is 1. The monoisotopic (exact) mass is 319 g/mol. The third-order valence-electron chi connectivity index (χ3n) is 2.87. The summed E-state index contributed by atoms with van der Waals surface area (Å²) in [5.74, 6) is -1.78. The summed E-state index contributed by atoms with van der Waals surface area (Å²) in [5.41, 5.74) is -0.789.